The molecule has 0 saturated heterocycles. The fraction of sp³-hybridized carbons (Fsp3) is 0.143. The molecular formula is C28H24ClN5O4S. The number of rotatable bonds is 8. The fourth-order valence-corrected chi connectivity index (χ4v) is 5.18. The Morgan fingerprint density at radius 2 is 1.82 bits per heavy atom. The number of hydrogen-bond donors (Lipinski definition) is 3. The number of thioether (sulfide) groups is 1. The highest BCUT2D eigenvalue weighted by atomic mass is 35.5. The van der Waals surface area contributed by atoms with Gasteiger partial charge in [0.25, 0.3) is 5.91 Å². The minimum Gasteiger partial charge on any atom is -0.495 e. The zero-order chi connectivity index (χ0) is 27.5. The van der Waals surface area contributed by atoms with E-state index in [1.165, 1.54) is 31.0 Å². The average molecular weight is 562 g/mol. The fourth-order valence-electron chi connectivity index (χ4n) is 4.27. The molecule has 0 bridgehead atoms. The van der Waals surface area contributed by atoms with Crippen molar-refractivity contribution in [2.45, 2.75) is 23.9 Å². The summed E-state index contributed by atoms with van der Waals surface area (Å²) in [5.41, 5.74) is 3.43. The Labute approximate surface area is 233 Å². The zero-order valence-electron chi connectivity index (χ0n) is 21.0. The van der Waals surface area contributed by atoms with Gasteiger partial charge in [0, 0.05) is 16.5 Å². The van der Waals surface area contributed by atoms with Gasteiger partial charge in [-0.3, -0.25) is 4.79 Å². The van der Waals surface area contributed by atoms with Crippen molar-refractivity contribution in [3.63, 3.8) is 0 Å². The number of aromatic nitrogens is 3. The van der Waals surface area contributed by atoms with E-state index in [0.29, 0.717) is 50.2 Å². The van der Waals surface area contributed by atoms with Gasteiger partial charge in [-0.1, -0.05) is 59.8 Å². The number of carboxylic acid groups (broad SMARTS) is 1. The second kappa shape index (κ2) is 11.2. The van der Waals surface area contributed by atoms with Crippen LogP contribution in [0, 0.1) is 0 Å². The number of benzene rings is 3. The van der Waals surface area contributed by atoms with Crippen LogP contribution in [0.1, 0.15) is 34.5 Å². The van der Waals surface area contributed by atoms with Crippen LogP contribution >= 0.6 is 23.4 Å². The van der Waals surface area contributed by atoms with Crippen molar-refractivity contribution in [3.05, 3.63) is 106 Å². The summed E-state index contributed by atoms with van der Waals surface area (Å²) in [4.78, 5) is 29.8. The molecule has 4 aromatic rings. The van der Waals surface area contributed by atoms with Crippen molar-refractivity contribution < 1.29 is 19.4 Å². The van der Waals surface area contributed by atoms with Crippen molar-refractivity contribution in [1.29, 1.82) is 0 Å². The Hall–Kier alpha value is -4.28. The molecule has 0 aliphatic carbocycles. The lowest BCUT2D eigenvalue weighted by Crippen LogP contribution is -2.31. The Morgan fingerprint density at radius 3 is 2.51 bits per heavy atom. The first-order chi connectivity index (χ1) is 18.8. The number of nitrogens with one attached hydrogen (secondary N) is 2. The van der Waals surface area contributed by atoms with Crippen molar-refractivity contribution in [2.24, 2.45) is 0 Å². The molecule has 1 amide bonds. The number of carbonyl (C=O) groups excluding carboxylic acids is 1. The van der Waals surface area contributed by atoms with Gasteiger partial charge in [-0.25, -0.2) is 9.48 Å². The number of anilines is 2. The molecule has 3 N–H and O–H groups in total. The van der Waals surface area contributed by atoms with Crippen molar-refractivity contribution in [3.8, 4) is 5.75 Å². The van der Waals surface area contributed by atoms with Gasteiger partial charge in [0.2, 0.25) is 11.1 Å². The third kappa shape index (κ3) is 5.62. The predicted octanol–water partition coefficient (Wildman–Crippen LogP) is 5.86. The summed E-state index contributed by atoms with van der Waals surface area (Å²) in [6.45, 7) is 1.80. The molecule has 0 unspecified atom stereocenters. The number of amides is 1. The Kier molecular flexibility index (Phi) is 7.58. The standard InChI is InChI=1S/C28H24ClN5O4S/c1-16-23(25(35)31-21-5-3-4-6-22(21)38-2)24(18-9-11-19(12-10-18)26(36)37)34-27(30-16)32-28(33-34)39-15-17-7-13-20(29)14-8-17/h3-14,24H,15H2,1-2H3,(H,31,35)(H,36,37)(H,30,32,33)/t24-/m1/s1. The van der Waals surface area contributed by atoms with Crippen LogP contribution in [-0.2, 0) is 10.5 Å². The van der Waals surface area contributed by atoms with Gasteiger partial charge < -0.3 is 20.5 Å². The van der Waals surface area contributed by atoms with Crippen LogP contribution in [0.15, 0.2) is 89.2 Å². The zero-order valence-corrected chi connectivity index (χ0v) is 22.6. The predicted molar refractivity (Wildman–Crippen MR) is 151 cm³/mol. The molecule has 0 spiro atoms. The van der Waals surface area contributed by atoms with Crippen LogP contribution in [0.3, 0.4) is 0 Å². The molecule has 11 heteroatoms. The number of nitrogens with zero attached hydrogens (tertiary/aromatic N) is 3. The normalized spacial score (nSPS) is 14.4. The molecule has 0 fully saturated rings. The average Bonchev–Trinajstić information content (AvgIpc) is 3.34. The number of halogens is 1. The number of methoxy groups -OCH3 is 1. The number of ether oxygens (including phenoxy) is 1. The van der Waals surface area contributed by atoms with E-state index in [1.807, 2.05) is 30.3 Å². The molecular weight excluding hydrogens is 538 g/mol. The third-order valence-electron chi connectivity index (χ3n) is 6.19. The number of para-hydroxylation sites is 2. The minimum atomic E-state index is -1.03. The van der Waals surface area contributed by atoms with Gasteiger partial charge in [-0.05, 0) is 54.4 Å². The van der Waals surface area contributed by atoms with E-state index in [0.717, 1.165) is 5.56 Å². The topological polar surface area (TPSA) is 118 Å². The van der Waals surface area contributed by atoms with Gasteiger partial charge in [0.15, 0.2) is 0 Å². The maximum absolute atomic E-state index is 13.7. The Morgan fingerprint density at radius 1 is 1.10 bits per heavy atom. The molecule has 2 heterocycles. The van der Waals surface area contributed by atoms with E-state index in [4.69, 9.17) is 21.4 Å². The molecule has 198 valence electrons. The molecule has 3 aromatic carbocycles. The van der Waals surface area contributed by atoms with Gasteiger partial charge in [-0.15, -0.1) is 5.10 Å². The smallest absolute Gasteiger partial charge is 0.335 e. The third-order valence-corrected chi connectivity index (χ3v) is 7.35. The van der Waals surface area contributed by atoms with Gasteiger partial charge in [0.05, 0.1) is 23.9 Å². The first-order valence-electron chi connectivity index (χ1n) is 11.9. The number of hydrogen-bond acceptors (Lipinski definition) is 7. The number of allylic oxidation sites excluding steroid dienone is 1. The van der Waals surface area contributed by atoms with Crippen molar-refractivity contribution >= 4 is 46.9 Å². The molecule has 1 aliphatic heterocycles. The van der Waals surface area contributed by atoms with E-state index >= 15 is 0 Å². The van der Waals surface area contributed by atoms with Crippen LogP contribution < -0.4 is 15.4 Å². The highest BCUT2D eigenvalue weighted by Gasteiger charge is 2.34. The molecule has 0 radical (unpaired) electrons. The first kappa shape index (κ1) is 26.3. The molecule has 1 aliphatic rings. The summed E-state index contributed by atoms with van der Waals surface area (Å²) in [5, 5.41) is 21.5. The summed E-state index contributed by atoms with van der Waals surface area (Å²) in [6.07, 6.45) is 0. The molecule has 0 saturated carbocycles. The largest absolute Gasteiger partial charge is 0.495 e. The molecule has 9 nitrogen and oxygen atoms in total. The Balaban J connectivity index is 1.50. The SMILES string of the molecule is COc1ccccc1NC(=O)C1=C(C)Nc2nc(SCc3ccc(Cl)cc3)nn2[C@@H]1c1ccc(C(=O)O)cc1. The highest BCUT2D eigenvalue weighted by Crippen LogP contribution is 2.37. The van der Waals surface area contributed by atoms with Crippen molar-refractivity contribution in [2.75, 3.05) is 17.7 Å². The number of fused-ring (bicyclic) bond motifs is 1. The van der Waals surface area contributed by atoms with Crippen LogP contribution in [0.2, 0.25) is 5.02 Å². The van der Waals surface area contributed by atoms with E-state index < -0.39 is 12.0 Å². The molecule has 1 atom stereocenters. The van der Waals surface area contributed by atoms with E-state index in [1.54, 1.807) is 41.9 Å². The van der Waals surface area contributed by atoms with Crippen LogP contribution in [-0.4, -0.2) is 38.9 Å². The lowest BCUT2D eigenvalue weighted by Gasteiger charge is -2.28. The lowest BCUT2D eigenvalue weighted by atomic mass is 9.94. The summed E-state index contributed by atoms with van der Waals surface area (Å²) in [6, 6.07) is 20.5. The molecule has 39 heavy (non-hydrogen) atoms. The van der Waals surface area contributed by atoms with Gasteiger partial charge >= 0.3 is 5.97 Å². The first-order valence-corrected chi connectivity index (χ1v) is 13.3. The van der Waals surface area contributed by atoms with Crippen LogP contribution in [0.5, 0.6) is 5.75 Å². The summed E-state index contributed by atoms with van der Waals surface area (Å²) in [5.74, 6) is 0.250. The monoisotopic (exact) mass is 561 g/mol. The summed E-state index contributed by atoms with van der Waals surface area (Å²) in [7, 11) is 1.54. The Bertz CT molecular complexity index is 1570. The second-order valence-corrected chi connectivity index (χ2v) is 10.1. The summed E-state index contributed by atoms with van der Waals surface area (Å²) >= 11 is 7.46. The van der Waals surface area contributed by atoms with Gasteiger partial charge in [0.1, 0.15) is 11.8 Å². The van der Waals surface area contributed by atoms with Gasteiger partial charge in [-0.2, -0.15) is 4.98 Å². The van der Waals surface area contributed by atoms with Crippen molar-refractivity contribution in [1.82, 2.24) is 14.8 Å². The molecule has 5 rings (SSSR count). The summed E-state index contributed by atoms with van der Waals surface area (Å²) < 4.78 is 7.05. The van der Waals surface area contributed by atoms with E-state index in [-0.39, 0.29) is 11.5 Å². The molecule has 1 aromatic heterocycles. The quantitative estimate of drug-likeness (QED) is 0.229. The minimum absolute atomic E-state index is 0.145. The van der Waals surface area contributed by atoms with Crippen LogP contribution in [0.25, 0.3) is 0 Å². The highest BCUT2D eigenvalue weighted by molar-refractivity contribution is 7.98. The lowest BCUT2D eigenvalue weighted by molar-refractivity contribution is -0.113. The number of carbonyl (C=O) groups is 2. The maximum Gasteiger partial charge on any atom is 0.335 e. The second-order valence-electron chi connectivity index (χ2n) is 8.73. The maximum atomic E-state index is 13.7. The number of carboxylic acids is 1. The van der Waals surface area contributed by atoms with E-state index in [9.17, 15) is 14.7 Å². The van der Waals surface area contributed by atoms with Crippen LogP contribution in [0.4, 0.5) is 11.6 Å². The number of aromatic carboxylic acids is 1. The van der Waals surface area contributed by atoms with E-state index in [2.05, 4.69) is 15.6 Å².